The molecule has 0 fully saturated rings. The molecule has 2 aromatic heterocycles. The third-order valence-electron chi connectivity index (χ3n) is 5.87. The van der Waals surface area contributed by atoms with Gasteiger partial charge >= 0.3 is 6.18 Å². The van der Waals surface area contributed by atoms with Crippen molar-refractivity contribution in [1.82, 2.24) is 4.98 Å². The van der Waals surface area contributed by atoms with Crippen LogP contribution >= 0.6 is 0 Å². The Bertz CT molecular complexity index is 1550. The molecule has 3 nitrogen and oxygen atoms in total. The average molecular weight is 451 g/mol. The SMILES string of the molecule is O=C1c2ccccc2-[n+]2ccc3c([nH]c4ccc(-c5ccccc5C(F)(F)F)cc43)c21.[Cl-]. The molecule has 3 aromatic carbocycles. The van der Waals surface area contributed by atoms with E-state index in [4.69, 9.17) is 0 Å². The maximum Gasteiger partial charge on any atom is 0.417 e. The van der Waals surface area contributed by atoms with Crippen LogP contribution in [0.25, 0.3) is 38.6 Å². The second-order valence-electron chi connectivity index (χ2n) is 7.60. The molecule has 158 valence electrons. The molecule has 0 unspecified atom stereocenters. The van der Waals surface area contributed by atoms with Crippen molar-refractivity contribution in [2.24, 2.45) is 0 Å². The van der Waals surface area contributed by atoms with E-state index in [1.54, 1.807) is 30.3 Å². The summed E-state index contributed by atoms with van der Waals surface area (Å²) in [6.07, 6.45) is -2.60. The van der Waals surface area contributed by atoms with Gasteiger partial charge in [-0.25, -0.2) is 0 Å². The molecule has 7 heteroatoms. The Morgan fingerprint density at radius 2 is 1.53 bits per heavy atom. The standard InChI is InChI=1S/C25H13F3N2O.ClH/c26-25(27,28)19-7-3-1-5-15(19)14-9-10-20-18(13-14)16-11-12-30-21-8-4-2-6-17(21)24(31)23(30)22(16)29-20;/h1-13H;1H. The molecule has 0 radical (unpaired) electrons. The van der Waals surface area contributed by atoms with Crippen molar-refractivity contribution >= 4 is 27.6 Å². The summed E-state index contributed by atoms with van der Waals surface area (Å²) in [6.45, 7) is 0. The predicted octanol–water partition coefficient (Wildman–Crippen LogP) is 2.83. The Labute approximate surface area is 186 Å². The van der Waals surface area contributed by atoms with Gasteiger partial charge in [0.05, 0.1) is 5.56 Å². The van der Waals surface area contributed by atoms with Crippen LogP contribution in [0.1, 0.15) is 21.6 Å². The van der Waals surface area contributed by atoms with Crippen LogP contribution in [0.15, 0.2) is 79.0 Å². The van der Waals surface area contributed by atoms with Crippen LogP contribution in [-0.4, -0.2) is 10.8 Å². The summed E-state index contributed by atoms with van der Waals surface area (Å²) in [7, 11) is 0. The number of para-hydroxylation sites is 1. The molecular formula is C25H14ClF3N2O. The van der Waals surface area contributed by atoms with Crippen LogP contribution in [-0.2, 0) is 6.18 Å². The summed E-state index contributed by atoms with van der Waals surface area (Å²) in [5, 5.41) is 1.57. The number of benzene rings is 3. The molecule has 3 heterocycles. The van der Waals surface area contributed by atoms with E-state index >= 15 is 0 Å². The highest BCUT2D eigenvalue weighted by Gasteiger charge is 2.38. The van der Waals surface area contributed by atoms with E-state index in [1.165, 1.54) is 12.1 Å². The minimum atomic E-state index is -4.44. The van der Waals surface area contributed by atoms with Crippen LogP contribution in [0.4, 0.5) is 13.2 Å². The molecule has 1 aliphatic heterocycles. The third-order valence-corrected chi connectivity index (χ3v) is 5.87. The molecule has 6 rings (SSSR count). The van der Waals surface area contributed by atoms with Gasteiger partial charge in [-0.2, -0.15) is 17.7 Å². The fourth-order valence-corrected chi connectivity index (χ4v) is 4.49. The largest absolute Gasteiger partial charge is 1.00 e. The molecule has 0 saturated heterocycles. The number of hydrogen-bond donors (Lipinski definition) is 1. The third kappa shape index (κ3) is 2.76. The quantitative estimate of drug-likeness (QED) is 0.384. The predicted molar refractivity (Wildman–Crippen MR) is 111 cm³/mol. The zero-order chi connectivity index (χ0) is 21.3. The maximum atomic E-state index is 13.5. The Hall–Kier alpha value is -3.64. The molecule has 0 amide bonds. The first kappa shape index (κ1) is 20.3. The van der Waals surface area contributed by atoms with E-state index in [2.05, 4.69) is 4.98 Å². The van der Waals surface area contributed by atoms with Gasteiger partial charge in [-0.05, 0) is 35.4 Å². The first-order valence-corrected chi connectivity index (χ1v) is 9.74. The summed E-state index contributed by atoms with van der Waals surface area (Å²) in [6, 6.07) is 20.0. The van der Waals surface area contributed by atoms with E-state index in [0.29, 0.717) is 22.3 Å². The zero-order valence-corrected chi connectivity index (χ0v) is 17.1. The number of carbonyl (C=O) groups is 1. The molecule has 5 aromatic rings. The van der Waals surface area contributed by atoms with Crippen LogP contribution < -0.4 is 17.0 Å². The van der Waals surface area contributed by atoms with Gasteiger partial charge in [-0.15, -0.1) is 0 Å². The minimum Gasteiger partial charge on any atom is -1.00 e. The van der Waals surface area contributed by atoms with Crippen LogP contribution in [0.5, 0.6) is 0 Å². The van der Waals surface area contributed by atoms with Crippen molar-refractivity contribution < 1.29 is 34.9 Å². The summed E-state index contributed by atoms with van der Waals surface area (Å²) in [5.74, 6) is -0.0737. The Morgan fingerprint density at radius 1 is 0.812 bits per heavy atom. The summed E-state index contributed by atoms with van der Waals surface area (Å²) in [4.78, 5) is 16.4. The fraction of sp³-hybridized carbons (Fsp3) is 0.0400. The van der Waals surface area contributed by atoms with E-state index in [1.807, 2.05) is 35.0 Å². The number of halogens is 4. The summed E-state index contributed by atoms with van der Waals surface area (Å²) < 4.78 is 42.4. The molecule has 0 bridgehead atoms. The highest BCUT2D eigenvalue weighted by Crippen LogP contribution is 2.39. The molecule has 0 atom stereocenters. The van der Waals surface area contributed by atoms with E-state index < -0.39 is 11.7 Å². The number of alkyl halides is 3. The topological polar surface area (TPSA) is 36.7 Å². The van der Waals surface area contributed by atoms with Crippen LogP contribution in [0.3, 0.4) is 0 Å². The summed E-state index contributed by atoms with van der Waals surface area (Å²) in [5.41, 5.74) is 3.37. The first-order valence-electron chi connectivity index (χ1n) is 9.74. The molecule has 0 saturated carbocycles. The highest BCUT2D eigenvalue weighted by molar-refractivity contribution is 6.20. The number of nitrogens with one attached hydrogen (secondary N) is 1. The minimum absolute atomic E-state index is 0. The second-order valence-corrected chi connectivity index (χ2v) is 7.60. The number of hydrogen-bond acceptors (Lipinski definition) is 1. The van der Waals surface area contributed by atoms with Gasteiger partial charge in [0.25, 0.3) is 11.5 Å². The van der Waals surface area contributed by atoms with Crippen molar-refractivity contribution in [3.63, 3.8) is 0 Å². The number of pyridine rings is 1. The molecular weight excluding hydrogens is 437 g/mol. The Balaban J connectivity index is 0.00000216. The average Bonchev–Trinajstić information content (AvgIpc) is 3.28. The Kier molecular flexibility index (Phi) is 4.39. The molecule has 0 aliphatic carbocycles. The zero-order valence-electron chi connectivity index (χ0n) is 16.4. The number of aromatic nitrogens is 2. The lowest BCUT2D eigenvalue weighted by atomic mass is 9.97. The number of H-pyrrole nitrogens is 1. The van der Waals surface area contributed by atoms with Crippen LogP contribution in [0.2, 0.25) is 0 Å². The molecule has 0 spiro atoms. The Morgan fingerprint density at radius 3 is 2.31 bits per heavy atom. The monoisotopic (exact) mass is 450 g/mol. The van der Waals surface area contributed by atoms with E-state index in [9.17, 15) is 18.0 Å². The normalized spacial score (nSPS) is 12.7. The number of ketones is 1. The first-order chi connectivity index (χ1) is 14.9. The van der Waals surface area contributed by atoms with E-state index in [-0.39, 0.29) is 23.8 Å². The molecule has 1 N–H and O–H groups in total. The molecule has 1 aliphatic rings. The van der Waals surface area contributed by atoms with E-state index in [0.717, 1.165) is 28.0 Å². The number of rotatable bonds is 1. The van der Waals surface area contributed by atoms with Gasteiger partial charge in [0, 0.05) is 28.4 Å². The highest BCUT2D eigenvalue weighted by atomic mass is 35.5. The van der Waals surface area contributed by atoms with Crippen molar-refractivity contribution in [3.8, 4) is 16.8 Å². The fourth-order valence-electron chi connectivity index (χ4n) is 4.49. The lowest BCUT2D eigenvalue weighted by molar-refractivity contribution is -0.592. The van der Waals surface area contributed by atoms with Crippen molar-refractivity contribution in [1.29, 1.82) is 0 Å². The smallest absolute Gasteiger partial charge is 0.417 e. The maximum absolute atomic E-state index is 13.5. The van der Waals surface area contributed by atoms with Gasteiger partial charge in [0.1, 0.15) is 11.1 Å². The van der Waals surface area contributed by atoms with Crippen molar-refractivity contribution in [3.05, 3.63) is 95.8 Å². The van der Waals surface area contributed by atoms with Gasteiger partial charge in [0.2, 0.25) is 5.69 Å². The number of nitrogens with zero attached hydrogens (tertiary/aromatic N) is 1. The van der Waals surface area contributed by atoms with Gasteiger partial charge in [-0.3, -0.25) is 4.79 Å². The second kappa shape index (κ2) is 6.93. The van der Waals surface area contributed by atoms with Gasteiger partial charge in [-0.1, -0.05) is 36.4 Å². The number of carbonyl (C=O) groups excluding carboxylic acids is 1. The van der Waals surface area contributed by atoms with Crippen molar-refractivity contribution in [2.75, 3.05) is 0 Å². The lowest BCUT2D eigenvalue weighted by Crippen LogP contribution is -3.00. The molecule has 32 heavy (non-hydrogen) atoms. The summed E-state index contributed by atoms with van der Waals surface area (Å²) >= 11 is 0. The lowest BCUT2D eigenvalue weighted by Gasteiger charge is -2.12. The van der Waals surface area contributed by atoms with Crippen LogP contribution in [0, 0.1) is 0 Å². The van der Waals surface area contributed by atoms with Gasteiger partial charge in [0.15, 0.2) is 6.20 Å². The number of fused-ring (bicyclic) bond motifs is 7. The van der Waals surface area contributed by atoms with Crippen molar-refractivity contribution in [2.45, 2.75) is 6.18 Å². The van der Waals surface area contributed by atoms with Gasteiger partial charge < -0.3 is 17.4 Å². The number of aromatic amines is 1.